The normalized spacial score (nSPS) is 27.6. The summed E-state index contributed by atoms with van der Waals surface area (Å²) in [6.07, 6.45) is 9.38. The van der Waals surface area contributed by atoms with Crippen molar-refractivity contribution in [1.29, 1.82) is 0 Å². The lowest BCUT2D eigenvalue weighted by Crippen LogP contribution is -2.41. The van der Waals surface area contributed by atoms with Gasteiger partial charge in [-0.1, -0.05) is 17.7 Å². The zero-order valence-electron chi connectivity index (χ0n) is 10.1. The number of hydrogen-bond acceptors (Lipinski definition) is 2. The molecule has 2 atom stereocenters. The van der Waals surface area contributed by atoms with Crippen LogP contribution in [0.4, 0.5) is 0 Å². The molecule has 2 heterocycles. The van der Waals surface area contributed by atoms with Gasteiger partial charge in [-0.15, -0.1) is 0 Å². The van der Waals surface area contributed by atoms with E-state index < -0.39 is 0 Å². The predicted octanol–water partition coefficient (Wildman–Crippen LogP) is 4.04. The van der Waals surface area contributed by atoms with Crippen molar-refractivity contribution in [3.05, 3.63) is 33.5 Å². The molecule has 1 saturated heterocycles. The van der Waals surface area contributed by atoms with Crippen LogP contribution in [-0.4, -0.2) is 17.6 Å². The maximum absolute atomic E-state index is 6.12. The van der Waals surface area contributed by atoms with Crippen molar-refractivity contribution in [3.63, 3.8) is 0 Å². The lowest BCUT2D eigenvalue weighted by molar-refractivity contribution is 0.298. The Kier molecular flexibility index (Phi) is 3.73. The van der Waals surface area contributed by atoms with Crippen molar-refractivity contribution in [2.45, 2.75) is 31.7 Å². The maximum Gasteiger partial charge on any atom is 0.124 e. The van der Waals surface area contributed by atoms with Gasteiger partial charge in [-0.05, 0) is 71.3 Å². The number of hydrogen-bond donors (Lipinski definition) is 1. The van der Waals surface area contributed by atoms with Gasteiger partial charge in [0, 0.05) is 12.2 Å². The fourth-order valence-corrected chi connectivity index (χ4v) is 3.36. The number of pyridine rings is 1. The highest BCUT2D eigenvalue weighted by Gasteiger charge is 2.27. The monoisotopic (exact) mass is 326 g/mol. The first kappa shape index (κ1) is 12.6. The van der Waals surface area contributed by atoms with Gasteiger partial charge < -0.3 is 5.32 Å². The molecule has 4 heteroatoms. The van der Waals surface area contributed by atoms with Gasteiger partial charge in [-0.2, -0.15) is 0 Å². The second-order valence-corrected chi connectivity index (χ2v) is 6.27. The summed E-state index contributed by atoms with van der Waals surface area (Å²) in [4.78, 5) is 4.28. The smallest absolute Gasteiger partial charge is 0.124 e. The predicted molar refractivity (Wildman–Crippen MR) is 78.7 cm³/mol. The third-order valence-electron chi connectivity index (χ3n) is 3.97. The van der Waals surface area contributed by atoms with Crippen LogP contribution in [0.5, 0.6) is 0 Å². The Morgan fingerprint density at radius 1 is 1.39 bits per heavy atom. The van der Waals surface area contributed by atoms with Crippen molar-refractivity contribution >= 4 is 33.1 Å². The number of nitrogens with zero attached hydrogens (tertiary/aromatic N) is 1. The van der Waals surface area contributed by atoms with Crippen LogP contribution in [0.3, 0.4) is 0 Å². The molecule has 0 saturated carbocycles. The molecule has 0 bridgehead atoms. The van der Waals surface area contributed by atoms with Crippen LogP contribution in [0.15, 0.2) is 22.9 Å². The second-order valence-electron chi connectivity index (χ2n) is 5.11. The summed E-state index contributed by atoms with van der Waals surface area (Å²) in [6, 6.07) is 2.55. The van der Waals surface area contributed by atoms with Crippen LogP contribution in [0.25, 0.3) is 5.57 Å². The van der Waals surface area contributed by atoms with Gasteiger partial charge in [-0.25, -0.2) is 4.98 Å². The number of rotatable bonds is 1. The van der Waals surface area contributed by atoms with E-state index in [1.165, 1.54) is 24.8 Å². The molecule has 1 fully saturated rings. The van der Waals surface area contributed by atoms with Gasteiger partial charge in [0.05, 0.1) is 5.02 Å². The van der Waals surface area contributed by atoms with Crippen LogP contribution in [0.1, 0.15) is 31.2 Å². The zero-order chi connectivity index (χ0) is 12.5. The van der Waals surface area contributed by atoms with Crippen LogP contribution < -0.4 is 5.32 Å². The summed E-state index contributed by atoms with van der Waals surface area (Å²) in [5, 5.41) is 4.29. The van der Waals surface area contributed by atoms with Gasteiger partial charge >= 0.3 is 0 Å². The molecule has 1 aliphatic carbocycles. The van der Waals surface area contributed by atoms with Crippen molar-refractivity contribution in [2.24, 2.45) is 5.92 Å². The number of piperidine rings is 1. The van der Waals surface area contributed by atoms with Crippen LogP contribution >= 0.6 is 27.5 Å². The molecule has 0 aromatic carbocycles. The van der Waals surface area contributed by atoms with E-state index in [-0.39, 0.29) is 0 Å². The zero-order valence-corrected chi connectivity index (χ0v) is 12.5. The van der Waals surface area contributed by atoms with Crippen LogP contribution in [0.2, 0.25) is 5.02 Å². The number of halogens is 2. The maximum atomic E-state index is 6.12. The summed E-state index contributed by atoms with van der Waals surface area (Å²) in [7, 11) is 0. The molecule has 2 nitrogen and oxygen atoms in total. The summed E-state index contributed by atoms with van der Waals surface area (Å²) < 4.78 is 0.720. The fourth-order valence-electron chi connectivity index (χ4n) is 2.98. The Morgan fingerprint density at radius 2 is 2.28 bits per heavy atom. The quantitative estimate of drug-likeness (QED) is 0.787. The molecule has 0 spiro atoms. The molecular weight excluding hydrogens is 312 g/mol. The number of aromatic nitrogens is 1. The highest BCUT2D eigenvalue weighted by Crippen LogP contribution is 2.35. The first-order valence-corrected chi connectivity index (χ1v) is 7.66. The average Bonchev–Trinajstić information content (AvgIpc) is 2.41. The standard InChI is InChI=1S/C14H16BrClN2/c15-14-12(16)6-11(8-18-14)10-4-3-9-2-1-5-17-13(9)7-10/h6-9,13,17H,1-5H2. The Balaban J connectivity index is 1.87. The topological polar surface area (TPSA) is 24.9 Å². The van der Waals surface area contributed by atoms with Crippen LogP contribution in [0, 0.1) is 5.92 Å². The summed E-state index contributed by atoms with van der Waals surface area (Å²) in [5.41, 5.74) is 2.54. The third-order valence-corrected chi connectivity index (χ3v) is 5.12. The molecule has 1 aliphatic heterocycles. The van der Waals surface area contributed by atoms with E-state index >= 15 is 0 Å². The molecule has 96 valence electrons. The number of allylic oxidation sites excluding steroid dienone is 1. The third kappa shape index (κ3) is 2.49. The fraction of sp³-hybridized carbons (Fsp3) is 0.500. The number of fused-ring (bicyclic) bond motifs is 1. The van der Waals surface area contributed by atoms with Crippen molar-refractivity contribution in [2.75, 3.05) is 6.54 Å². The van der Waals surface area contributed by atoms with E-state index in [4.69, 9.17) is 11.6 Å². The van der Waals surface area contributed by atoms with Gasteiger partial charge in [0.2, 0.25) is 0 Å². The highest BCUT2D eigenvalue weighted by molar-refractivity contribution is 9.10. The minimum Gasteiger partial charge on any atom is -0.310 e. The summed E-state index contributed by atoms with van der Waals surface area (Å²) in [5.74, 6) is 0.821. The molecular formula is C14H16BrClN2. The van der Waals surface area contributed by atoms with Crippen molar-refractivity contribution in [1.82, 2.24) is 10.3 Å². The first-order valence-electron chi connectivity index (χ1n) is 6.49. The Labute approximate surface area is 121 Å². The molecule has 18 heavy (non-hydrogen) atoms. The average molecular weight is 328 g/mol. The SMILES string of the molecule is Clc1cc(C2=CC3NCCCC3CC2)cnc1Br. The van der Waals surface area contributed by atoms with Gasteiger partial charge in [0.25, 0.3) is 0 Å². The molecule has 1 N–H and O–H groups in total. The van der Waals surface area contributed by atoms with E-state index in [0.717, 1.165) is 29.1 Å². The van der Waals surface area contributed by atoms with Crippen molar-refractivity contribution in [3.8, 4) is 0 Å². The highest BCUT2D eigenvalue weighted by atomic mass is 79.9. The lowest BCUT2D eigenvalue weighted by atomic mass is 9.79. The largest absolute Gasteiger partial charge is 0.310 e. The second kappa shape index (κ2) is 5.32. The molecule has 3 rings (SSSR count). The molecule has 2 unspecified atom stereocenters. The van der Waals surface area contributed by atoms with E-state index in [1.54, 1.807) is 0 Å². The van der Waals surface area contributed by atoms with Gasteiger partial charge in [0.1, 0.15) is 4.60 Å². The molecule has 0 amide bonds. The Bertz CT molecular complexity index is 487. The first-order chi connectivity index (χ1) is 8.74. The number of nitrogens with one attached hydrogen (secondary N) is 1. The van der Waals surface area contributed by atoms with Crippen molar-refractivity contribution < 1.29 is 0 Å². The van der Waals surface area contributed by atoms with Crippen LogP contribution in [-0.2, 0) is 0 Å². The molecule has 1 aromatic heterocycles. The van der Waals surface area contributed by atoms with E-state index in [2.05, 4.69) is 32.3 Å². The molecule has 0 radical (unpaired) electrons. The Hall–Kier alpha value is -0.380. The van der Waals surface area contributed by atoms with Gasteiger partial charge in [0.15, 0.2) is 0 Å². The Morgan fingerprint density at radius 3 is 3.11 bits per heavy atom. The summed E-state index contributed by atoms with van der Waals surface area (Å²) in [6.45, 7) is 1.14. The van der Waals surface area contributed by atoms with Gasteiger partial charge in [-0.3, -0.25) is 0 Å². The van der Waals surface area contributed by atoms with E-state index in [1.807, 2.05) is 12.3 Å². The minimum atomic E-state index is 0.546. The van der Waals surface area contributed by atoms with E-state index in [0.29, 0.717) is 11.1 Å². The lowest BCUT2D eigenvalue weighted by Gasteiger charge is -2.35. The minimum absolute atomic E-state index is 0.546. The summed E-state index contributed by atoms with van der Waals surface area (Å²) >= 11 is 9.45. The molecule has 2 aliphatic rings. The van der Waals surface area contributed by atoms with E-state index in [9.17, 15) is 0 Å². The molecule has 1 aromatic rings.